The molecule has 0 saturated heterocycles. The second-order valence-corrected chi connectivity index (χ2v) is 6.29. The Labute approximate surface area is 107 Å². The van der Waals surface area contributed by atoms with Crippen molar-refractivity contribution in [2.75, 3.05) is 12.0 Å². The summed E-state index contributed by atoms with van der Waals surface area (Å²) < 4.78 is 0. The zero-order chi connectivity index (χ0) is 13.2. The van der Waals surface area contributed by atoms with E-state index in [4.69, 9.17) is 5.11 Å². The number of amides is 1. The first kappa shape index (κ1) is 14.4. The van der Waals surface area contributed by atoms with Crippen molar-refractivity contribution in [3.8, 4) is 0 Å². The molecular formula is C12H21NO3S. The maximum Gasteiger partial charge on any atom is 0.307 e. The maximum absolute atomic E-state index is 11.9. The van der Waals surface area contributed by atoms with Crippen LogP contribution >= 0.6 is 11.8 Å². The second kappa shape index (κ2) is 5.29. The van der Waals surface area contributed by atoms with E-state index in [1.54, 1.807) is 11.8 Å². The van der Waals surface area contributed by atoms with Gasteiger partial charge in [0.15, 0.2) is 0 Å². The van der Waals surface area contributed by atoms with Crippen LogP contribution in [0.4, 0.5) is 0 Å². The van der Waals surface area contributed by atoms with E-state index in [-0.39, 0.29) is 17.9 Å². The number of rotatable bonds is 6. The van der Waals surface area contributed by atoms with Gasteiger partial charge in [-0.2, -0.15) is 11.8 Å². The van der Waals surface area contributed by atoms with Gasteiger partial charge < -0.3 is 10.4 Å². The summed E-state index contributed by atoms with van der Waals surface area (Å²) >= 11 is 1.74. The summed E-state index contributed by atoms with van der Waals surface area (Å²) in [5, 5.41) is 11.9. The molecule has 0 spiro atoms. The van der Waals surface area contributed by atoms with Crippen LogP contribution in [0.25, 0.3) is 0 Å². The van der Waals surface area contributed by atoms with Crippen LogP contribution in [-0.4, -0.2) is 35.0 Å². The first-order valence-electron chi connectivity index (χ1n) is 5.84. The lowest BCUT2D eigenvalue weighted by molar-refractivity contribution is -0.140. The summed E-state index contributed by atoms with van der Waals surface area (Å²) in [7, 11) is 0. The monoisotopic (exact) mass is 259 g/mol. The molecular weight excluding hydrogens is 238 g/mol. The Morgan fingerprint density at radius 1 is 1.41 bits per heavy atom. The predicted octanol–water partition coefficient (Wildman–Crippen LogP) is 1.60. The van der Waals surface area contributed by atoms with Crippen LogP contribution < -0.4 is 5.32 Å². The summed E-state index contributed by atoms with van der Waals surface area (Å²) in [5.74, 6) is -0.896. The summed E-state index contributed by atoms with van der Waals surface area (Å²) in [4.78, 5) is 22.9. The van der Waals surface area contributed by atoms with Crippen LogP contribution in [0.1, 0.15) is 27.2 Å². The maximum atomic E-state index is 11.9. The number of carbonyl (C=O) groups is 2. The van der Waals surface area contributed by atoms with Crippen molar-refractivity contribution in [2.45, 2.75) is 33.2 Å². The van der Waals surface area contributed by atoms with E-state index in [1.165, 1.54) is 0 Å². The minimum atomic E-state index is -0.869. The molecule has 0 aromatic carbocycles. The van der Waals surface area contributed by atoms with Crippen molar-refractivity contribution in [1.82, 2.24) is 5.32 Å². The van der Waals surface area contributed by atoms with Crippen LogP contribution in [0.5, 0.6) is 0 Å². The number of thioether (sulfide) groups is 1. The topological polar surface area (TPSA) is 66.4 Å². The standard InChI is InChI=1S/C12H21NO3S/c1-7(5-6-17-4)13-10(14)8-9(11(15)16)12(8,2)3/h7-9H,5-6H2,1-4H3,(H,13,14)(H,15,16). The number of nitrogens with one attached hydrogen (secondary N) is 1. The molecule has 0 aromatic heterocycles. The molecule has 0 aromatic rings. The Kier molecular flexibility index (Phi) is 4.47. The number of carboxylic acids is 1. The number of aliphatic carboxylic acids is 1. The van der Waals surface area contributed by atoms with E-state index in [1.807, 2.05) is 27.0 Å². The molecule has 17 heavy (non-hydrogen) atoms. The number of hydrogen-bond acceptors (Lipinski definition) is 3. The SMILES string of the molecule is CSCCC(C)NC(=O)C1C(C(=O)O)C1(C)C. The molecule has 0 heterocycles. The van der Waals surface area contributed by atoms with E-state index >= 15 is 0 Å². The number of carbonyl (C=O) groups excluding carboxylic acids is 1. The zero-order valence-corrected chi connectivity index (χ0v) is 11.6. The van der Waals surface area contributed by atoms with E-state index in [0.717, 1.165) is 12.2 Å². The molecule has 1 aliphatic rings. The lowest BCUT2D eigenvalue weighted by atomic mass is 10.1. The van der Waals surface area contributed by atoms with Crippen molar-refractivity contribution in [3.05, 3.63) is 0 Å². The summed E-state index contributed by atoms with van der Waals surface area (Å²) in [6.07, 6.45) is 2.94. The van der Waals surface area contributed by atoms with Crippen LogP contribution in [0.15, 0.2) is 0 Å². The van der Waals surface area contributed by atoms with E-state index in [2.05, 4.69) is 5.32 Å². The van der Waals surface area contributed by atoms with Crippen LogP contribution in [-0.2, 0) is 9.59 Å². The molecule has 3 unspecified atom stereocenters. The minimum absolute atomic E-state index is 0.112. The van der Waals surface area contributed by atoms with Gasteiger partial charge in [-0.05, 0) is 30.8 Å². The number of carboxylic acid groups (broad SMARTS) is 1. The van der Waals surface area contributed by atoms with Gasteiger partial charge >= 0.3 is 5.97 Å². The highest BCUT2D eigenvalue weighted by atomic mass is 32.2. The third-order valence-corrected chi connectivity index (χ3v) is 4.16. The van der Waals surface area contributed by atoms with Gasteiger partial charge in [-0.1, -0.05) is 13.8 Å². The van der Waals surface area contributed by atoms with Crippen LogP contribution in [0.2, 0.25) is 0 Å². The number of hydrogen-bond donors (Lipinski definition) is 2. The molecule has 3 atom stereocenters. The van der Waals surface area contributed by atoms with E-state index < -0.39 is 17.3 Å². The molecule has 1 saturated carbocycles. The molecule has 5 heteroatoms. The lowest BCUT2D eigenvalue weighted by Gasteiger charge is -2.13. The van der Waals surface area contributed by atoms with Crippen molar-refractivity contribution < 1.29 is 14.7 Å². The van der Waals surface area contributed by atoms with Crippen molar-refractivity contribution >= 4 is 23.6 Å². The molecule has 1 aliphatic carbocycles. The van der Waals surface area contributed by atoms with E-state index in [9.17, 15) is 9.59 Å². The Bertz CT molecular complexity index is 317. The van der Waals surface area contributed by atoms with Gasteiger partial charge in [0.2, 0.25) is 5.91 Å². The largest absolute Gasteiger partial charge is 0.481 e. The van der Waals surface area contributed by atoms with Gasteiger partial charge in [0.1, 0.15) is 0 Å². The lowest BCUT2D eigenvalue weighted by Crippen LogP contribution is -2.35. The van der Waals surface area contributed by atoms with Gasteiger partial charge in [-0.15, -0.1) is 0 Å². The normalized spacial score (nSPS) is 27.3. The molecule has 0 aliphatic heterocycles. The third-order valence-electron chi connectivity index (χ3n) is 3.52. The first-order chi connectivity index (χ1) is 7.82. The third kappa shape index (κ3) is 3.15. The average molecular weight is 259 g/mol. The fraction of sp³-hybridized carbons (Fsp3) is 0.833. The zero-order valence-electron chi connectivity index (χ0n) is 10.8. The molecule has 4 nitrogen and oxygen atoms in total. The Balaban J connectivity index is 2.47. The van der Waals surface area contributed by atoms with Gasteiger partial charge in [-0.25, -0.2) is 0 Å². The quantitative estimate of drug-likeness (QED) is 0.760. The molecule has 1 amide bonds. The minimum Gasteiger partial charge on any atom is -0.481 e. The predicted molar refractivity (Wildman–Crippen MR) is 69.0 cm³/mol. The summed E-state index contributed by atoms with van der Waals surface area (Å²) in [6, 6.07) is 0.112. The van der Waals surface area contributed by atoms with Gasteiger partial charge in [-0.3, -0.25) is 9.59 Å². The second-order valence-electron chi connectivity index (χ2n) is 5.31. The first-order valence-corrected chi connectivity index (χ1v) is 7.23. The molecule has 98 valence electrons. The highest BCUT2D eigenvalue weighted by molar-refractivity contribution is 7.98. The Hall–Kier alpha value is -0.710. The van der Waals surface area contributed by atoms with Crippen LogP contribution in [0, 0.1) is 17.3 Å². The molecule has 1 rings (SSSR count). The fourth-order valence-electron chi connectivity index (χ4n) is 2.29. The average Bonchev–Trinajstić information content (AvgIpc) is 2.78. The highest BCUT2D eigenvalue weighted by Gasteiger charge is 2.65. The van der Waals surface area contributed by atoms with E-state index in [0.29, 0.717) is 0 Å². The van der Waals surface area contributed by atoms with Crippen molar-refractivity contribution in [2.24, 2.45) is 17.3 Å². The van der Waals surface area contributed by atoms with Crippen molar-refractivity contribution in [1.29, 1.82) is 0 Å². The molecule has 0 bridgehead atoms. The molecule has 1 fully saturated rings. The summed E-state index contributed by atoms with van der Waals surface area (Å²) in [6.45, 7) is 5.63. The fourth-order valence-corrected chi connectivity index (χ4v) is 2.88. The molecule has 0 radical (unpaired) electrons. The van der Waals surface area contributed by atoms with Gasteiger partial charge in [0.05, 0.1) is 11.8 Å². The smallest absolute Gasteiger partial charge is 0.307 e. The summed E-state index contributed by atoms with van der Waals surface area (Å²) in [5.41, 5.74) is -0.408. The van der Waals surface area contributed by atoms with Gasteiger partial charge in [0.25, 0.3) is 0 Å². The Morgan fingerprint density at radius 3 is 2.41 bits per heavy atom. The van der Waals surface area contributed by atoms with Gasteiger partial charge in [0, 0.05) is 6.04 Å². The molecule has 2 N–H and O–H groups in total. The Morgan fingerprint density at radius 2 is 2.00 bits per heavy atom. The van der Waals surface area contributed by atoms with Crippen molar-refractivity contribution in [3.63, 3.8) is 0 Å². The highest BCUT2D eigenvalue weighted by Crippen LogP contribution is 2.58. The van der Waals surface area contributed by atoms with Crippen LogP contribution in [0.3, 0.4) is 0 Å².